The summed E-state index contributed by atoms with van der Waals surface area (Å²) < 4.78 is 0. The molecule has 22 heavy (non-hydrogen) atoms. The van der Waals surface area contributed by atoms with Gasteiger partial charge in [0.1, 0.15) is 0 Å². The number of rotatable bonds is 4. The molecule has 0 spiro atoms. The van der Waals surface area contributed by atoms with Gasteiger partial charge in [0, 0.05) is 24.2 Å². The summed E-state index contributed by atoms with van der Waals surface area (Å²) in [5, 5.41) is 6.49. The zero-order valence-corrected chi connectivity index (χ0v) is 14.2. The lowest BCUT2D eigenvalue weighted by atomic mass is 9.81. The molecule has 2 saturated heterocycles. The molecule has 1 aliphatic carbocycles. The van der Waals surface area contributed by atoms with E-state index in [1.165, 1.54) is 51.5 Å². The van der Waals surface area contributed by atoms with Crippen LogP contribution in [0.2, 0.25) is 0 Å². The van der Waals surface area contributed by atoms with Crippen LogP contribution in [0.25, 0.3) is 0 Å². The topological polar surface area (TPSA) is 44.4 Å². The average molecular weight is 307 g/mol. The minimum absolute atomic E-state index is 0.0823. The number of piperidine rings is 2. The Hall–Kier alpha value is -0.770. The van der Waals surface area contributed by atoms with Crippen molar-refractivity contribution in [3.8, 4) is 0 Å². The van der Waals surface area contributed by atoms with Crippen LogP contribution in [0, 0.1) is 0 Å². The van der Waals surface area contributed by atoms with Gasteiger partial charge >= 0.3 is 6.03 Å². The summed E-state index contributed by atoms with van der Waals surface area (Å²) in [6.07, 6.45) is 13.7. The molecule has 3 rings (SSSR count). The van der Waals surface area contributed by atoms with Crippen LogP contribution in [-0.2, 0) is 0 Å². The van der Waals surface area contributed by atoms with E-state index in [0.29, 0.717) is 24.2 Å². The molecule has 0 aromatic carbocycles. The summed E-state index contributed by atoms with van der Waals surface area (Å²) in [7, 11) is 0. The SMILES string of the molecule is CCCN1[C@H]2CCC[C@H]1CC(NC(=O)NC1CCCCC1)C2. The third-order valence-corrected chi connectivity index (χ3v) is 5.88. The molecule has 0 aromatic rings. The molecule has 3 fully saturated rings. The minimum atomic E-state index is 0.0823. The summed E-state index contributed by atoms with van der Waals surface area (Å²) in [6.45, 7) is 3.51. The van der Waals surface area contributed by atoms with E-state index in [0.717, 1.165) is 25.7 Å². The number of carbonyl (C=O) groups excluding carboxylic acids is 1. The van der Waals surface area contributed by atoms with Crippen LogP contribution in [0.15, 0.2) is 0 Å². The summed E-state index contributed by atoms with van der Waals surface area (Å²) in [5.74, 6) is 0. The smallest absolute Gasteiger partial charge is 0.315 e. The number of hydrogen-bond donors (Lipinski definition) is 2. The number of urea groups is 1. The fraction of sp³-hybridized carbons (Fsp3) is 0.944. The molecule has 0 unspecified atom stereocenters. The molecule has 2 bridgehead atoms. The number of carbonyl (C=O) groups is 1. The highest BCUT2D eigenvalue weighted by Crippen LogP contribution is 2.34. The molecule has 2 amide bonds. The monoisotopic (exact) mass is 307 g/mol. The largest absolute Gasteiger partial charge is 0.335 e. The molecule has 2 heterocycles. The van der Waals surface area contributed by atoms with Gasteiger partial charge in [0.15, 0.2) is 0 Å². The lowest BCUT2D eigenvalue weighted by Gasteiger charge is -2.49. The van der Waals surface area contributed by atoms with Crippen LogP contribution < -0.4 is 10.6 Å². The normalized spacial score (nSPS) is 33.4. The van der Waals surface area contributed by atoms with Gasteiger partial charge in [-0.05, 0) is 51.5 Å². The van der Waals surface area contributed by atoms with Crippen LogP contribution in [0.3, 0.4) is 0 Å². The molecule has 126 valence electrons. The van der Waals surface area contributed by atoms with Gasteiger partial charge in [-0.15, -0.1) is 0 Å². The quantitative estimate of drug-likeness (QED) is 0.836. The Bertz CT molecular complexity index is 353. The van der Waals surface area contributed by atoms with Crippen LogP contribution in [-0.4, -0.2) is 41.6 Å². The second kappa shape index (κ2) is 7.67. The predicted octanol–water partition coefficient (Wildman–Crippen LogP) is 3.41. The highest BCUT2D eigenvalue weighted by Gasteiger charge is 2.38. The maximum Gasteiger partial charge on any atom is 0.315 e. The van der Waals surface area contributed by atoms with Crippen molar-refractivity contribution in [1.82, 2.24) is 15.5 Å². The van der Waals surface area contributed by atoms with E-state index in [-0.39, 0.29) is 6.03 Å². The summed E-state index contributed by atoms with van der Waals surface area (Å²) in [4.78, 5) is 15.0. The van der Waals surface area contributed by atoms with Gasteiger partial charge in [0.2, 0.25) is 0 Å². The molecule has 3 aliphatic rings. The minimum Gasteiger partial charge on any atom is -0.335 e. The first-order valence-corrected chi connectivity index (χ1v) is 9.59. The van der Waals surface area contributed by atoms with Crippen molar-refractivity contribution < 1.29 is 4.79 Å². The summed E-state index contributed by atoms with van der Waals surface area (Å²) >= 11 is 0. The van der Waals surface area contributed by atoms with Crippen molar-refractivity contribution >= 4 is 6.03 Å². The Morgan fingerprint density at radius 1 is 0.909 bits per heavy atom. The zero-order valence-electron chi connectivity index (χ0n) is 14.2. The lowest BCUT2D eigenvalue weighted by molar-refractivity contribution is 0.0267. The molecular weight excluding hydrogens is 274 g/mol. The molecule has 2 aliphatic heterocycles. The number of hydrogen-bond acceptors (Lipinski definition) is 2. The van der Waals surface area contributed by atoms with E-state index < -0.39 is 0 Å². The number of fused-ring (bicyclic) bond motifs is 2. The fourth-order valence-corrected chi connectivity index (χ4v) is 4.88. The van der Waals surface area contributed by atoms with E-state index in [9.17, 15) is 4.79 Å². The average Bonchev–Trinajstić information content (AvgIpc) is 2.49. The second-order valence-corrected chi connectivity index (χ2v) is 7.60. The van der Waals surface area contributed by atoms with Gasteiger partial charge in [-0.3, -0.25) is 4.90 Å². The van der Waals surface area contributed by atoms with E-state index in [4.69, 9.17) is 0 Å². The molecule has 0 radical (unpaired) electrons. The van der Waals surface area contributed by atoms with E-state index >= 15 is 0 Å². The molecule has 4 heteroatoms. The van der Waals surface area contributed by atoms with Gasteiger partial charge in [0.25, 0.3) is 0 Å². The molecule has 2 N–H and O–H groups in total. The Kier molecular flexibility index (Phi) is 5.61. The van der Waals surface area contributed by atoms with Crippen molar-refractivity contribution in [1.29, 1.82) is 0 Å². The van der Waals surface area contributed by atoms with Crippen LogP contribution in [0.5, 0.6) is 0 Å². The van der Waals surface area contributed by atoms with Crippen molar-refractivity contribution in [2.45, 2.75) is 102 Å². The third-order valence-electron chi connectivity index (χ3n) is 5.88. The first-order chi connectivity index (χ1) is 10.8. The summed E-state index contributed by atoms with van der Waals surface area (Å²) in [5.41, 5.74) is 0. The molecular formula is C18H33N3O. The van der Waals surface area contributed by atoms with Gasteiger partial charge < -0.3 is 10.6 Å². The van der Waals surface area contributed by atoms with Crippen molar-refractivity contribution in [2.24, 2.45) is 0 Å². The van der Waals surface area contributed by atoms with Gasteiger partial charge in [-0.2, -0.15) is 0 Å². The highest BCUT2D eigenvalue weighted by atomic mass is 16.2. The molecule has 2 atom stereocenters. The number of nitrogens with one attached hydrogen (secondary N) is 2. The number of nitrogens with zero attached hydrogens (tertiary/aromatic N) is 1. The third kappa shape index (κ3) is 3.95. The predicted molar refractivity (Wildman–Crippen MR) is 90.0 cm³/mol. The van der Waals surface area contributed by atoms with E-state index in [2.05, 4.69) is 22.5 Å². The van der Waals surface area contributed by atoms with Crippen LogP contribution >= 0.6 is 0 Å². The molecule has 4 nitrogen and oxygen atoms in total. The highest BCUT2D eigenvalue weighted by molar-refractivity contribution is 5.74. The molecule has 0 aromatic heterocycles. The van der Waals surface area contributed by atoms with Crippen LogP contribution in [0.1, 0.15) is 77.6 Å². The maximum absolute atomic E-state index is 12.3. The van der Waals surface area contributed by atoms with Gasteiger partial charge in [-0.25, -0.2) is 4.79 Å². The zero-order chi connectivity index (χ0) is 15.4. The van der Waals surface area contributed by atoms with Crippen molar-refractivity contribution in [3.05, 3.63) is 0 Å². The van der Waals surface area contributed by atoms with Crippen molar-refractivity contribution in [2.75, 3.05) is 6.54 Å². The molecule has 1 saturated carbocycles. The standard InChI is InChI=1S/C18H33N3O/c1-2-11-21-16-9-6-10-17(21)13-15(12-16)20-18(22)19-14-7-4-3-5-8-14/h14-17H,2-13H2,1H3,(H2,19,20,22)/t16-,17-/m0/s1. The first-order valence-electron chi connectivity index (χ1n) is 9.59. The summed E-state index contributed by atoms with van der Waals surface area (Å²) in [6, 6.07) is 2.28. The second-order valence-electron chi connectivity index (χ2n) is 7.60. The van der Waals surface area contributed by atoms with E-state index in [1.807, 2.05) is 0 Å². The lowest BCUT2D eigenvalue weighted by Crippen LogP contribution is -2.58. The fourth-order valence-electron chi connectivity index (χ4n) is 4.88. The Labute approximate surface area is 135 Å². The van der Waals surface area contributed by atoms with Gasteiger partial charge in [-0.1, -0.05) is 32.6 Å². The number of amides is 2. The first kappa shape index (κ1) is 16.1. The Balaban J connectivity index is 1.48. The van der Waals surface area contributed by atoms with Crippen LogP contribution in [0.4, 0.5) is 4.79 Å². The van der Waals surface area contributed by atoms with Crippen molar-refractivity contribution in [3.63, 3.8) is 0 Å². The Morgan fingerprint density at radius 2 is 1.55 bits per heavy atom. The Morgan fingerprint density at radius 3 is 2.18 bits per heavy atom. The van der Waals surface area contributed by atoms with Gasteiger partial charge in [0.05, 0.1) is 0 Å². The maximum atomic E-state index is 12.3. The van der Waals surface area contributed by atoms with E-state index in [1.54, 1.807) is 0 Å².